The van der Waals surface area contributed by atoms with Crippen molar-refractivity contribution in [1.29, 1.82) is 0 Å². The lowest BCUT2D eigenvalue weighted by Gasteiger charge is -2.59. The van der Waals surface area contributed by atoms with E-state index < -0.39 is 72.0 Å². The monoisotopic (exact) mass is 530 g/mol. The molecule has 1 rings (SSSR count). The van der Waals surface area contributed by atoms with E-state index in [0.717, 1.165) is 0 Å². The van der Waals surface area contributed by atoms with Gasteiger partial charge in [0.25, 0.3) is 5.60 Å². The summed E-state index contributed by atoms with van der Waals surface area (Å²) in [7, 11) is 0. The summed E-state index contributed by atoms with van der Waals surface area (Å²) in [5, 5.41) is 9.13. The molecule has 0 amide bonds. The van der Waals surface area contributed by atoms with Gasteiger partial charge in [-0.3, -0.25) is 0 Å². The minimum atomic E-state index is -7.85. The predicted molar refractivity (Wildman–Crippen MR) is 66.5 cm³/mol. The van der Waals surface area contributed by atoms with Crippen LogP contribution in [0.3, 0.4) is 0 Å². The van der Waals surface area contributed by atoms with Crippen LogP contribution in [0.25, 0.3) is 0 Å². The summed E-state index contributed by atoms with van der Waals surface area (Å²) in [5.41, 5.74) is -17.3. The zero-order valence-corrected chi connectivity index (χ0v) is 14.9. The van der Waals surface area contributed by atoms with Crippen molar-refractivity contribution in [1.82, 2.24) is 0 Å². The van der Waals surface area contributed by atoms with E-state index in [0.29, 0.717) is 0 Å². The highest BCUT2D eigenvalue weighted by molar-refractivity contribution is 5.89. The van der Waals surface area contributed by atoms with Crippen molar-refractivity contribution < 1.29 is 89.6 Å². The number of hydrogen-bond acceptors (Lipinski definition) is 4. The van der Waals surface area contributed by atoms with Crippen LogP contribution >= 0.6 is 0 Å². The minimum absolute atomic E-state index is 1.37. The van der Waals surface area contributed by atoms with E-state index >= 15 is 0 Å². The number of aliphatic hydroxyl groups is 1. The van der Waals surface area contributed by atoms with Crippen molar-refractivity contribution >= 4 is 5.97 Å². The quantitative estimate of drug-likeness (QED) is 0.316. The van der Waals surface area contributed by atoms with E-state index in [2.05, 4.69) is 9.47 Å². The van der Waals surface area contributed by atoms with Crippen LogP contribution in [-0.4, -0.2) is 64.6 Å². The van der Waals surface area contributed by atoms with Gasteiger partial charge in [0.15, 0.2) is 0 Å². The van der Waals surface area contributed by atoms with E-state index in [9.17, 15) is 75.0 Å². The molecule has 0 spiro atoms. The molecule has 20 heteroatoms. The fraction of sp³-hybridized carbons (Fsp3) is 0.769. The van der Waals surface area contributed by atoms with Gasteiger partial charge in [0.05, 0.1) is 0 Å². The largest absolute Gasteiger partial charge is 0.462 e. The van der Waals surface area contributed by atoms with Gasteiger partial charge in [-0.1, -0.05) is 6.58 Å². The maximum atomic E-state index is 14.5. The third kappa shape index (κ3) is 3.50. The van der Waals surface area contributed by atoms with Crippen molar-refractivity contribution in [3.8, 4) is 0 Å². The highest BCUT2D eigenvalue weighted by Crippen LogP contribution is 2.69. The van der Waals surface area contributed by atoms with Gasteiger partial charge in [0.2, 0.25) is 5.60 Å². The molecule has 0 saturated carbocycles. The normalized spacial score (nSPS) is 32.9. The molecule has 0 aliphatic carbocycles. The van der Waals surface area contributed by atoms with Crippen LogP contribution in [-0.2, 0) is 14.3 Å². The fourth-order valence-electron chi connectivity index (χ4n) is 2.47. The molecule has 0 bridgehead atoms. The van der Waals surface area contributed by atoms with Crippen LogP contribution in [0.4, 0.5) is 70.2 Å². The molecule has 1 aliphatic heterocycles. The smallest absolute Gasteiger partial charge is 0.414 e. The van der Waals surface area contributed by atoms with Crippen molar-refractivity contribution in [2.24, 2.45) is 0 Å². The van der Waals surface area contributed by atoms with Gasteiger partial charge in [-0.15, -0.1) is 0 Å². The number of alkyl halides is 16. The maximum absolute atomic E-state index is 14.5. The lowest BCUT2D eigenvalue weighted by atomic mass is 9.71. The molecule has 0 aromatic heterocycles. The van der Waals surface area contributed by atoms with Crippen LogP contribution < -0.4 is 0 Å². The van der Waals surface area contributed by atoms with Crippen molar-refractivity contribution in [3.63, 3.8) is 0 Å². The second-order valence-corrected chi connectivity index (χ2v) is 6.47. The van der Waals surface area contributed by atoms with Gasteiger partial charge >= 0.3 is 48.3 Å². The SMILES string of the molecule is C=C(C(=O)OC1(C(F)(F)F)OC(C)(C(F)(F)F)C(F)(F)C(O)(C(F)(F)F)C1(F)F)C(F)(F)F. The molecular weight excluding hydrogens is 524 g/mol. The number of carbonyl (C=O) groups is 1. The number of ether oxygens (including phenoxy) is 2. The molecule has 4 nitrogen and oxygen atoms in total. The van der Waals surface area contributed by atoms with Crippen LogP contribution in [0.2, 0.25) is 0 Å². The van der Waals surface area contributed by atoms with Gasteiger partial charge in [-0.05, 0) is 6.92 Å². The molecule has 1 aliphatic rings. The van der Waals surface area contributed by atoms with E-state index in [1.54, 1.807) is 6.58 Å². The summed E-state index contributed by atoms with van der Waals surface area (Å²) in [5.74, 6) is -26.3. The van der Waals surface area contributed by atoms with Gasteiger partial charge in [0.1, 0.15) is 5.57 Å². The first kappa shape index (κ1) is 29.0. The number of carbonyl (C=O) groups excluding carboxylic acids is 1. The minimum Gasteiger partial charge on any atom is -0.414 e. The molecule has 1 fully saturated rings. The second-order valence-electron chi connectivity index (χ2n) is 6.47. The molecule has 0 radical (unpaired) electrons. The summed E-state index contributed by atoms with van der Waals surface area (Å²) in [4.78, 5) is 11.3. The lowest BCUT2D eigenvalue weighted by molar-refractivity contribution is -0.575. The number of rotatable bonds is 2. The molecule has 1 N–H and O–H groups in total. The van der Waals surface area contributed by atoms with E-state index in [-0.39, 0.29) is 0 Å². The number of esters is 1. The van der Waals surface area contributed by atoms with Gasteiger partial charge < -0.3 is 14.6 Å². The van der Waals surface area contributed by atoms with Gasteiger partial charge in [0, 0.05) is 0 Å². The van der Waals surface area contributed by atoms with Crippen molar-refractivity contribution in [2.75, 3.05) is 0 Å². The van der Waals surface area contributed by atoms with Crippen molar-refractivity contribution in [2.45, 2.75) is 60.5 Å². The average molecular weight is 530 g/mol. The molecule has 33 heavy (non-hydrogen) atoms. The Labute approximate surface area is 169 Å². The molecule has 194 valence electrons. The van der Waals surface area contributed by atoms with Crippen LogP contribution in [0, 0.1) is 0 Å². The summed E-state index contributed by atoms with van der Waals surface area (Å²) in [6.07, 6.45) is -28.7. The Bertz CT molecular complexity index is 820. The topological polar surface area (TPSA) is 55.8 Å². The maximum Gasteiger partial charge on any atom is 0.462 e. The first-order chi connectivity index (χ1) is 14.0. The Morgan fingerprint density at radius 1 is 0.788 bits per heavy atom. The molecule has 3 unspecified atom stereocenters. The summed E-state index contributed by atoms with van der Waals surface area (Å²) >= 11 is 0. The molecule has 3 atom stereocenters. The van der Waals surface area contributed by atoms with Gasteiger partial charge in [-0.25, -0.2) is 4.79 Å². The van der Waals surface area contributed by atoms with Crippen molar-refractivity contribution in [3.05, 3.63) is 12.2 Å². The number of halogens is 16. The Kier molecular flexibility index (Phi) is 6.17. The van der Waals surface area contributed by atoms with Crippen LogP contribution in [0.5, 0.6) is 0 Å². The zero-order chi connectivity index (χ0) is 27.1. The Balaban J connectivity index is 4.19. The standard InChI is InChI=1S/C13H6F16O4/c1-3(6(14,15)16)4(30)32-10(13(27,28)29)9(19,20)7(31,12(24,25)26)8(17,18)5(2,33-10)11(21,22)23/h31H,1H2,2H3. The summed E-state index contributed by atoms with van der Waals surface area (Å²) < 4.78 is 219. The number of hydrogen-bond donors (Lipinski definition) is 1. The predicted octanol–water partition coefficient (Wildman–Crippen LogP) is 4.82. The lowest BCUT2D eigenvalue weighted by Crippen LogP contribution is -2.90. The van der Waals surface area contributed by atoms with Crippen LogP contribution in [0.15, 0.2) is 12.2 Å². The van der Waals surface area contributed by atoms with Gasteiger partial charge in [-0.2, -0.15) is 70.2 Å². The van der Waals surface area contributed by atoms with E-state index in [4.69, 9.17) is 5.11 Å². The summed E-state index contributed by atoms with van der Waals surface area (Å²) in [6, 6.07) is 0. The Morgan fingerprint density at radius 2 is 1.18 bits per heavy atom. The first-order valence-corrected chi connectivity index (χ1v) is 7.37. The highest BCUT2D eigenvalue weighted by Gasteiger charge is 3.01. The molecule has 0 aromatic rings. The molecule has 1 saturated heterocycles. The highest BCUT2D eigenvalue weighted by atomic mass is 19.4. The zero-order valence-electron chi connectivity index (χ0n) is 14.9. The van der Waals surface area contributed by atoms with E-state index in [1.807, 2.05) is 0 Å². The molecule has 1 heterocycles. The first-order valence-electron chi connectivity index (χ1n) is 7.37. The fourth-order valence-corrected chi connectivity index (χ4v) is 2.47. The second kappa shape index (κ2) is 7.01. The molecular formula is C13H6F16O4. The average Bonchev–Trinajstić information content (AvgIpc) is 2.53. The molecule has 0 aromatic carbocycles. The van der Waals surface area contributed by atoms with E-state index in [1.165, 1.54) is 0 Å². The third-order valence-electron chi connectivity index (χ3n) is 4.42. The van der Waals surface area contributed by atoms with Crippen LogP contribution in [0.1, 0.15) is 6.92 Å². The Morgan fingerprint density at radius 3 is 1.45 bits per heavy atom. The third-order valence-corrected chi connectivity index (χ3v) is 4.42. The Hall–Kier alpha value is -1.99. The summed E-state index contributed by atoms with van der Waals surface area (Å²) in [6.45, 7) is 0.359.